The summed E-state index contributed by atoms with van der Waals surface area (Å²) in [5.41, 5.74) is 0. The summed E-state index contributed by atoms with van der Waals surface area (Å²) < 4.78 is 0. The molecular formula is C7H10BrO. The molecule has 0 heterocycles. The van der Waals surface area contributed by atoms with E-state index in [9.17, 15) is 4.79 Å². The second kappa shape index (κ2) is 3.35. The molecule has 1 fully saturated rings. The summed E-state index contributed by atoms with van der Waals surface area (Å²) in [7, 11) is 0. The first kappa shape index (κ1) is 7.26. The molecule has 2 heteroatoms. The van der Waals surface area contributed by atoms with E-state index in [0.717, 1.165) is 25.7 Å². The Bertz CT molecular complexity index is 95.1. The van der Waals surface area contributed by atoms with Crippen LogP contribution in [-0.4, -0.2) is 11.1 Å². The Hall–Kier alpha value is 0.150. The van der Waals surface area contributed by atoms with Crippen molar-refractivity contribution in [2.45, 2.75) is 30.5 Å². The third kappa shape index (κ3) is 2.09. The van der Waals surface area contributed by atoms with Gasteiger partial charge in [-0.3, -0.25) is 4.79 Å². The Morgan fingerprint density at radius 1 is 1.22 bits per heavy atom. The normalized spacial score (nSPS) is 36.1. The zero-order valence-corrected chi connectivity index (χ0v) is 6.86. The van der Waals surface area contributed by atoms with Crippen LogP contribution in [0.2, 0.25) is 0 Å². The fourth-order valence-electron chi connectivity index (χ4n) is 1.17. The molecule has 1 nitrogen and oxygen atoms in total. The third-order valence-electron chi connectivity index (χ3n) is 1.82. The highest BCUT2D eigenvalue weighted by Gasteiger charge is 2.18. The molecule has 0 amide bonds. The average molecular weight is 190 g/mol. The van der Waals surface area contributed by atoms with Crippen LogP contribution in [0.3, 0.4) is 0 Å². The van der Waals surface area contributed by atoms with Crippen LogP contribution in [-0.2, 0) is 4.79 Å². The van der Waals surface area contributed by atoms with Crippen molar-refractivity contribution in [3.63, 3.8) is 0 Å². The van der Waals surface area contributed by atoms with Crippen molar-refractivity contribution in [2.75, 3.05) is 0 Å². The Balaban J connectivity index is 2.26. The maximum absolute atomic E-state index is 10.1. The summed E-state index contributed by atoms with van der Waals surface area (Å²) in [6.07, 6.45) is 6.39. The highest BCUT2D eigenvalue weighted by atomic mass is 79.9. The number of halogens is 1. The predicted molar refractivity (Wildman–Crippen MR) is 40.4 cm³/mol. The van der Waals surface area contributed by atoms with E-state index in [2.05, 4.69) is 22.2 Å². The third-order valence-corrected chi connectivity index (χ3v) is 2.74. The van der Waals surface area contributed by atoms with Crippen LogP contribution >= 0.6 is 15.9 Å². The first-order valence-corrected chi connectivity index (χ1v) is 4.26. The van der Waals surface area contributed by atoms with Gasteiger partial charge in [0.25, 0.3) is 0 Å². The van der Waals surface area contributed by atoms with Crippen molar-refractivity contribution in [1.82, 2.24) is 0 Å². The largest absolute Gasteiger partial charge is 0.291 e. The summed E-state index contributed by atoms with van der Waals surface area (Å²) >= 11 is 3.52. The molecule has 0 saturated heterocycles. The van der Waals surface area contributed by atoms with Gasteiger partial charge in [0.1, 0.15) is 0 Å². The molecule has 9 heavy (non-hydrogen) atoms. The van der Waals surface area contributed by atoms with Crippen LogP contribution in [0.5, 0.6) is 0 Å². The topological polar surface area (TPSA) is 17.1 Å². The van der Waals surface area contributed by atoms with Crippen molar-refractivity contribution in [3.05, 3.63) is 0 Å². The SMILES string of the molecule is O=[C]C1CCC(Br)CC1. The Labute approximate surface area is 64.0 Å². The molecule has 1 saturated carbocycles. The van der Waals surface area contributed by atoms with Gasteiger partial charge in [-0.15, -0.1) is 0 Å². The summed E-state index contributed by atoms with van der Waals surface area (Å²) in [4.78, 5) is 10.8. The zero-order valence-electron chi connectivity index (χ0n) is 5.27. The van der Waals surface area contributed by atoms with Crippen LogP contribution in [0.15, 0.2) is 0 Å². The van der Waals surface area contributed by atoms with Gasteiger partial charge in [-0.1, -0.05) is 15.9 Å². The van der Waals surface area contributed by atoms with Crippen LogP contribution < -0.4 is 0 Å². The minimum absolute atomic E-state index is 0.235. The molecule has 0 aromatic rings. The van der Waals surface area contributed by atoms with Gasteiger partial charge in [0.15, 0.2) is 0 Å². The Morgan fingerprint density at radius 2 is 1.78 bits per heavy atom. The van der Waals surface area contributed by atoms with Crippen LogP contribution in [0, 0.1) is 5.92 Å². The molecule has 0 unspecified atom stereocenters. The molecule has 0 aromatic heterocycles. The monoisotopic (exact) mass is 189 g/mol. The lowest BCUT2D eigenvalue weighted by Gasteiger charge is -2.19. The average Bonchev–Trinajstić information content (AvgIpc) is 1.90. The number of carbonyl (C=O) groups excluding carboxylic acids is 1. The molecule has 1 radical (unpaired) electrons. The first-order chi connectivity index (χ1) is 4.33. The second-order valence-corrected chi connectivity index (χ2v) is 3.86. The number of hydrogen-bond donors (Lipinski definition) is 0. The molecule has 1 aliphatic rings. The van der Waals surface area contributed by atoms with Gasteiger partial charge in [0.05, 0.1) is 0 Å². The summed E-state index contributed by atoms with van der Waals surface area (Å²) in [6, 6.07) is 0. The van der Waals surface area contributed by atoms with Gasteiger partial charge in [0.2, 0.25) is 6.29 Å². The van der Waals surface area contributed by atoms with E-state index in [0.29, 0.717) is 4.83 Å². The summed E-state index contributed by atoms with van der Waals surface area (Å²) in [5.74, 6) is 0.235. The van der Waals surface area contributed by atoms with Gasteiger partial charge >= 0.3 is 0 Å². The minimum Gasteiger partial charge on any atom is -0.291 e. The maximum atomic E-state index is 10.1. The number of hydrogen-bond acceptors (Lipinski definition) is 1. The van der Waals surface area contributed by atoms with Gasteiger partial charge in [-0.2, -0.15) is 0 Å². The van der Waals surface area contributed by atoms with Gasteiger partial charge in [-0.25, -0.2) is 0 Å². The smallest absolute Gasteiger partial charge is 0.201 e. The van der Waals surface area contributed by atoms with Gasteiger partial charge in [0, 0.05) is 10.7 Å². The molecular weight excluding hydrogens is 180 g/mol. The van der Waals surface area contributed by atoms with Crippen molar-refractivity contribution in [2.24, 2.45) is 5.92 Å². The predicted octanol–water partition coefficient (Wildman–Crippen LogP) is 2.05. The fourth-order valence-corrected chi connectivity index (χ4v) is 1.70. The van der Waals surface area contributed by atoms with E-state index < -0.39 is 0 Å². The lowest BCUT2D eigenvalue weighted by atomic mass is 9.90. The van der Waals surface area contributed by atoms with E-state index in [1.165, 1.54) is 0 Å². The molecule has 51 valence electrons. The number of alkyl halides is 1. The standard InChI is InChI=1S/C7H10BrO/c8-7-3-1-6(5-9)2-4-7/h6-7H,1-4H2. The van der Waals surface area contributed by atoms with Crippen LogP contribution in [0.4, 0.5) is 0 Å². The van der Waals surface area contributed by atoms with Crippen LogP contribution in [0.25, 0.3) is 0 Å². The van der Waals surface area contributed by atoms with E-state index >= 15 is 0 Å². The van der Waals surface area contributed by atoms with E-state index in [4.69, 9.17) is 0 Å². The van der Waals surface area contributed by atoms with Gasteiger partial charge < -0.3 is 0 Å². The van der Waals surface area contributed by atoms with Crippen molar-refractivity contribution in [1.29, 1.82) is 0 Å². The van der Waals surface area contributed by atoms with Gasteiger partial charge in [-0.05, 0) is 25.7 Å². The first-order valence-electron chi connectivity index (χ1n) is 3.34. The fraction of sp³-hybridized carbons (Fsp3) is 0.857. The molecule has 0 aromatic carbocycles. The molecule has 1 aliphatic carbocycles. The zero-order chi connectivity index (χ0) is 6.69. The van der Waals surface area contributed by atoms with Crippen molar-refractivity contribution in [3.8, 4) is 0 Å². The minimum atomic E-state index is 0.235. The lowest BCUT2D eigenvalue weighted by Crippen LogP contribution is -2.14. The highest BCUT2D eigenvalue weighted by molar-refractivity contribution is 9.09. The molecule has 0 N–H and O–H groups in total. The molecule has 0 bridgehead atoms. The Morgan fingerprint density at radius 3 is 2.22 bits per heavy atom. The highest BCUT2D eigenvalue weighted by Crippen LogP contribution is 2.26. The Kier molecular flexibility index (Phi) is 2.70. The quantitative estimate of drug-likeness (QED) is 0.578. The number of rotatable bonds is 1. The summed E-state index contributed by atoms with van der Waals surface area (Å²) in [5, 5.41) is 0. The van der Waals surface area contributed by atoms with E-state index in [1.54, 1.807) is 0 Å². The van der Waals surface area contributed by atoms with E-state index in [-0.39, 0.29) is 5.92 Å². The van der Waals surface area contributed by atoms with Crippen LogP contribution in [0.1, 0.15) is 25.7 Å². The molecule has 0 aliphatic heterocycles. The second-order valence-electron chi connectivity index (χ2n) is 2.57. The maximum Gasteiger partial charge on any atom is 0.201 e. The lowest BCUT2D eigenvalue weighted by molar-refractivity contribution is 0.424. The molecule has 1 rings (SSSR count). The summed E-state index contributed by atoms with van der Waals surface area (Å²) in [6.45, 7) is 0. The van der Waals surface area contributed by atoms with Crippen molar-refractivity contribution < 1.29 is 4.79 Å². The molecule has 0 spiro atoms. The van der Waals surface area contributed by atoms with E-state index in [1.807, 2.05) is 0 Å². The van der Waals surface area contributed by atoms with Crippen molar-refractivity contribution >= 4 is 22.2 Å². The molecule has 0 atom stereocenters.